The van der Waals surface area contributed by atoms with E-state index in [0.29, 0.717) is 5.00 Å². The average molecular weight is 366 g/mol. The van der Waals surface area contributed by atoms with E-state index in [1.807, 2.05) is 24.3 Å². The summed E-state index contributed by atoms with van der Waals surface area (Å²) < 4.78 is 0.923. The van der Waals surface area contributed by atoms with E-state index in [1.54, 1.807) is 19.1 Å². The number of aromatic carboxylic acids is 1. The number of carboxylic acid groups (broad SMARTS) is 1. The van der Waals surface area contributed by atoms with Crippen molar-refractivity contribution in [3.05, 3.63) is 56.9 Å². The first-order valence-corrected chi connectivity index (χ1v) is 7.65. The summed E-state index contributed by atoms with van der Waals surface area (Å²) in [6.45, 7) is 1.80. The van der Waals surface area contributed by atoms with Crippen molar-refractivity contribution in [2.75, 3.05) is 5.32 Å². The molecule has 0 aliphatic rings. The number of hydrogen-bond donors (Lipinski definition) is 2. The van der Waals surface area contributed by atoms with Crippen LogP contribution in [0, 0.1) is 6.92 Å². The van der Waals surface area contributed by atoms with Gasteiger partial charge in [0.15, 0.2) is 0 Å². The fourth-order valence-electron chi connectivity index (χ4n) is 1.70. The molecule has 0 unspecified atom stereocenters. The minimum Gasteiger partial charge on any atom is -0.478 e. The first-order valence-electron chi connectivity index (χ1n) is 6.04. The van der Waals surface area contributed by atoms with Crippen LogP contribution in [-0.4, -0.2) is 17.0 Å². The highest BCUT2D eigenvalue weighted by molar-refractivity contribution is 9.10. The van der Waals surface area contributed by atoms with Gasteiger partial charge in [0.05, 0.1) is 5.56 Å². The lowest BCUT2D eigenvalue weighted by atomic mass is 10.2. The van der Waals surface area contributed by atoms with Crippen LogP contribution in [0.3, 0.4) is 0 Å². The summed E-state index contributed by atoms with van der Waals surface area (Å²) >= 11 is 4.59. The molecule has 0 atom stereocenters. The van der Waals surface area contributed by atoms with E-state index in [4.69, 9.17) is 5.11 Å². The Balaban J connectivity index is 2.10. The smallest absolute Gasteiger partial charge is 0.338 e. The number of rotatable bonds is 4. The van der Waals surface area contributed by atoms with Gasteiger partial charge in [-0.3, -0.25) is 4.79 Å². The molecule has 0 aliphatic heterocycles. The first-order chi connectivity index (χ1) is 9.95. The molecule has 2 N–H and O–H groups in total. The Hall–Kier alpha value is -1.92. The molecule has 1 aromatic heterocycles. The van der Waals surface area contributed by atoms with Crippen LogP contribution < -0.4 is 5.32 Å². The molecule has 0 saturated heterocycles. The Labute approximate surface area is 134 Å². The Bertz CT molecular complexity index is 721. The van der Waals surface area contributed by atoms with E-state index in [2.05, 4.69) is 21.2 Å². The highest BCUT2D eigenvalue weighted by Gasteiger charge is 2.14. The maximum Gasteiger partial charge on any atom is 0.338 e. The third kappa shape index (κ3) is 4.27. The van der Waals surface area contributed by atoms with Crippen LogP contribution in [0.5, 0.6) is 0 Å². The second kappa shape index (κ2) is 6.69. The van der Waals surface area contributed by atoms with E-state index in [0.717, 1.165) is 14.9 Å². The summed E-state index contributed by atoms with van der Waals surface area (Å²) in [5.74, 6) is -1.41. The summed E-state index contributed by atoms with van der Waals surface area (Å²) in [4.78, 5) is 23.8. The molecule has 6 heteroatoms. The molecule has 2 aromatic rings. The van der Waals surface area contributed by atoms with Crippen LogP contribution in [0.2, 0.25) is 0 Å². The molecule has 0 aliphatic carbocycles. The number of carbonyl (C=O) groups excluding carboxylic acids is 1. The highest BCUT2D eigenvalue weighted by atomic mass is 79.9. The monoisotopic (exact) mass is 365 g/mol. The topological polar surface area (TPSA) is 66.4 Å². The van der Waals surface area contributed by atoms with Crippen LogP contribution >= 0.6 is 27.3 Å². The predicted molar refractivity (Wildman–Crippen MR) is 87.8 cm³/mol. The quantitative estimate of drug-likeness (QED) is 0.799. The number of anilines is 1. The van der Waals surface area contributed by atoms with E-state index >= 15 is 0 Å². The molecule has 0 fully saturated rings. The lowest BCUT2D eigenvalue weighted by Crippen LogP contribution is -2.09. The van der Waals surface area contributed by atoms with Crippen LogP contribution in [-0.2, 0) is 4.79 Å². The Morgan fingerprint density at radius 3 is 2.76 bits per heavy atom. The molecule has 2 rings (SSSR count). The molecule has 0 bridgehead atoms. The molecule has 108 valence electrons. The summed E-state index contributed by atoms with van der Waals surface area (Å²) in [5.41, 5.74) is 0.988. The van der Waals surface area contributed by atoms with Crippen LogP contribution in [0.4, 0.5) is 5.00 Å². The second-order valence-corrected chi connectivity index (χ2v) is 6.45. The summed E-state index contributed by atoms with van der Waals surface area (Å²) in [6, 6.07) is 9.05. The van der Waals surface area contributed by atoms with Gasteiger partial charge < -0.3 is 10.4 Å². The van der Waals surface area contributed by atoms with E-state index in [-0.39, 0.29) is 11.5 Å². The number of carboxylic acids is 1. The van der Waals surface area contributed by atoms with Gasteiger partial charge >= 0.3 is 5.97 Å². The molecule has 0 radical (unpaired) electrons. The second-order valence-electron chi connectivity index (χ2n) is 4.28. The van der Waals surface area contributed by atoms with Gasteiger partial charge in [-0.1, -0.05) is 28.1 Å². The van der Waals surface area contributed by atoms with Crippen LogP contribution in [0.25, 0.3) is 6.08 Å². The molecule has 0 saturated carbocycles. The van der Waals surface area contributed by atoms with Gasteiger partial charge in [-0.05, 0) is 36.8 Å². The number of aryl methyl sites for hydroxylation is 1. The maximum absolute atomic E-state index is 11.9. The Kier molecular flexibility index (Phi) is 4.93. The van der Waals surface area contributed by atoms with E-state index in [1.165, 1.54) is 17.4 Å². The summed E-state index contributed by atoms with van der Waals surface area (Å²) in [5, 5.41) is 12.0. The largest absolute Gasteiger partial charge is 0.478 e. The molecular formula is C15H12BrNO3S. The zero-order valence-corrected chi connectivity index (χ0v) is 13.5. The van der Waals surface area contributed by atoms with Crippen molar-refractivity contribution in [3.63, 3.8) is 0 Å². The van der Waals surface area contributed by atoms with Gasteiger partial charge in [-0.2, -0.15) is 0 Å². The van der Waals surface area contributed by atoms with Crippen molar-refractivity contribution in [3.8, 4) is 0 Å². The Morgan fingerprint density at radius 2 is 2.10 bits per heavy atom. The molecule has 1 aromatic carbocycles. The van der Waals surface area contributed by atoms with E-state index < -0.39 is 5.97 Å². The highest BCUT2D eigenvalue weighted by Crippen LogP contribution is 2.27. The van der Waals surface area contributed by atoms with Gasteiger partial charge in [0.2, 0.25) is 5.91 Å². The number of halogens is 1. The van der Waals surface area contributed by atoms with Crippen molar-refractivity contribution in [1.82, 2.24) is 0 Å². The lowest BCUT2D eigenvalue weighted by molar-refractivity contribution is -0.111. The Morgan fingerprint density at radius 1 is 1.33 bits per heavy atom. The van der Waals surface area contributed by atoms with Crippen molar-refractivity contribution in [2.45, 2.75) is 6.92 Å². The molecular weight excluding hydrogens is 354 g/mol. The number of benzene rings is 1. The maximum atomic E-state index is 11.9. The minimum atomic E-state index is -1.05. The van der Waals surface area contributed by atoms with Gasteiger partial charge in [0.25, 0.3) is 0 Å². The van der Waals surface area contributed by atoms with Gasteiger partial charge in [0.1, 0.15) is 5.00 Å². The minimum absolute atomic E-state index is 0.113. The number of carbonyl (C=O) groups is 2. The molecule has 21 heavy (non-hydrogen) atoms. The molecule has 1 heterocycles. The third-order valence-corrected chi connectivity index (χ3v) is 4.06. The van der Waals surface area contributed by atoms with Crippen LogP contribution in [0.15, 0.2) is 40.9 Å². The summed E-state index contributed by atoms with van der Waals surface area (Å²) in [6.07, 6.45) is 3.05. The van der Waals surface area contributed by atoms with E-state index in [9.17, 15) is 9.59 Å². The third-order valence-electron chi connectivity index (χ3n) is 2.60. The fraction of sp³-hybridized carbons (Fsp3) is 0.0667. The standard InChI is InChI=1S/C15H12BrNO3S/c1-9-7-12(15(19)20)14(21-9)17-13(18)6-5-10-3-2-4-11(16)8-10/h2-8H,1H3,(H,17,18)(H,19,20). The predicted octanol–water partition coefficient (Wildman–Crippen LogP) is 4.17. The van der Waals surface area contributed by atoms with Crippen molar-refractivity contribution >= 4 is 50.2 Å². The SMILES string of the molecule is Cc1cc(C(=O)O)c(NC(=O)C=Cc2cccc(Br)c2)s1. The average Bonchev–Trinajstić information content (AvgIpc) is 2.77. The first kappa shape index (κ1) is 15.5. The molecule has 0 spiro atoms. The van der Waals surface area contributed by atoms with Gasteiger partial charge in [0, 0.05) is 15.4 Å². The zero-order chi connectivity index (χ0) is 15.4. The number of nitrogens with one attached hydrogen (secondary N) is 1. The fourth-order valence-corrected chi connectivity index (χ4v) is 3.03. The van der Waals surface area contributed by atoms with Gasteiger partial charge in [-0.15, -0.1) is 11.3 Å². The molecule has 1 amide bonds. The molecule has 4 nitrogen and oxygen atoms in total. The summed E-state index contributed by atoms with van der Waals surface area (Å²) in [7, 11) is 0. The van der Waals surface area contributed by atoms with Crippen LogP contribution in [0.1, 0.15) is 20.8 Å². The number of amides is 1. The lowest BCUT2D eigenvalue weighted by Gasteiger charge is -2.00. The van der Waals surface area contributed by atoms with Crippen molar-refractivity contribution in [1.29, 1.82) is 0 Å². The van der Waals surface area contributed by atoms with Crippen molar-refractivity contribution < 1.29 is 14.7 Å². The zero-order valence-electron chi connectivity index (χ0n) is 11.1. The number of thiophene rings is 1. The van der Waals surface area contributed by atoms with Crippen molar-refractivity contribution in [2.24, 2.45) is 0 Å². The van der Waals surface area contributed by atoms with Gasteiger partial charge in [-0.25, -0.2) is 4.79 Å². The number of hydrogen-bond acceptors (Lipinski definition) is 3. The normalized spacial score (nSPS) is 10.8.